The molecule has 6 nitrogen and oxygen atoms in total. The molecule has 0 fully saturated rings. The van der Waals surface area contributed by atoms with Gasteiger partial charge in [-0.15, -0.1) is 0 Å². The lowest BCUT2D eigenvalue weighted by atomic mass is 10.1. The normalized spacial score (nSPS) is 14.8. The monoisotopic (exact) mass is 416 g/mol. The number of ether oxygens (including phenoxy) is 3. The maximum atomic E-state index is 12.3. The number of amides is 1. The fraction of sp³-hybridized carbons (Fsp3) is 0.158. The topological polar surface area (TPSA) is 69.2 Å². The third-order valence-corrected chi connectivity index (χ3v) is 4.34. The van der Waals surface area contributed by atoms with Gasteiger partial charge in [0, 0.05) is 10.0 Å². The smallest absolute Gasteiger partial charge is 0.275 e. The number of amidine groups is 1. The zero-order valence-corrected chi connectivity index (χ0v) is 16.1. The van der Waals surface area contributed by atoms with Crippen molar-refractivity contribution in [3.8, 4) is 17.2 Å². The number of nitrogens with zero attached hydrogens (tertiary/aromatic N) is 1. The van der Waals surface area contributed by atoms with Crippen LogP contribution in [0.25, 0.3) is 6.08 Å². The van der Waals surface area contributed by atoms with Crippen LogP contribution in [0.1, 0.15) is 11.1 Å². The summed E-state index contributed by atoms with van der Waals surface area (Å²) in [6.07, 6.45) is 1.73. The lowest BCUT2D eigenvalue weighted by Gasteiger charge is -2.13. The number of rotatable bonds is 5. The van der Waals surface area contributed by atoms with Crippen molar-refractivity contribution in [1.82, 2.24) is 5.32 Å². The SMILES string of the molecule is COc1cc(C2=N/C(=C\c3ccc(Br)cc3)C(=O)N2)cc(OC)c1OC. The van der Waals surface area contributed by atoms with E-state index in [0.717, 1.165) is 10.0 Å². The summed E-state index contributed by atoms with van der Waals surface area (Å²) in [7, 11) is 4.61. The standard InChI is InChI=1S/C19H17BrN2O4/c1-24-15-9-12(10-16(25-2)17(15)26-3)18-21-14(19(23)22-18)8-11-4-6-13(20)7-5-11/h4-10H,1-3H3,(H,21,22,23)/b14-8-. The number of aliphatic imine (C=N–C) groups is 1. The molecule has 0 spiro atoms. The summed E-state index contributed by atoms with van der Waals surface area (Å²) in [4.78, 5) is 16.7. The second-order valence-corrected chi connectivity index (χ2v) is 6.33. The molecule has 0 bridgehead atoms. The van der Waals surface area contributed by atoms with E-state index in [1.54, 1.807) is 18.2 Å². The van der Waals surface area contributed by atoms with E-state index in [2.05, 4.69) is 26.2 Å². The number of carbonyl (C=O) groups excluding carboxylic acids is 1. The Morgan fingerprint density at radius 1 is 1.00 bits per heavy atom. The number of benzene rings is 2. The minimum atomic E-state index is -0.267. The highest BCUT2D eigenvalue weighted by Crippen LogP contribution is 2.38. The Labute approximate surface area is 159 Å². The van der Waals surface area contributed by atoms with E-state index in [-0.39, 0.29) is 5.91 Å². The van der Waals surface area contributed by atoms with Gasteiger partial charge in [-0.2, -0.15) is 0 Å². The molecule has 0 unspecified atom stereocenters. The summed E-state index contributed by atoms with van der Waals surface area (Å²) in [5.41, 5.74) is 1.87. The van der Waals surface area contributed by atoms with Crippen molar-refractivity contribution >= 4 is 33.7 Å². The Balaban J connectivity index is 1.99. The molecule has 0 aliphatic carbocycles. The highest BCUT2D eigenvalue weighted by Gasteiger charge is 2.24. The zero-order chi connectivity index (χ0) is 18.7. The molecule has 7 heteroatoms. The van der Waals surface area contributed by atoms with Crippen LogP contribution in [-0.4, -0.2) is 33.1 Å². The molecule has 1 aliphatic rings. The quantitative estimate of drug-likeness (QED) is 0.758. The molecular weight excluding hydrogens is 400 g/mol. The second kappa shape index (κ2) is 7.61. The first-order chi connectivity index (χ1) is 12.5. The predicted octanol–water partition coefficient (Wildman–Crippen LogP) is 3.39. The molecule has 1 N–H and O–H groups in total. The van der Waals surface area contributed by atoms with Crippen LogP contribution in [0.3, 0.4) is 0 Å². The Kier molecular flexibility index (Phi) is 5.27. The Morgan fingerprint density at radius 2 is 1.62 bits per heavy atom. The van der Waals surface area contributed by atoms with Crippen molar-refractivity contribution in [2.75, 3.05) is 21.3 Å². The van der Waals surface area contributed by atoms with E-state index in [0.29, 0.717) is 34.3 Å². The third kappa shape index (κ3) is 3.57. The van der Waals surface area contributed by atoms with Gasteiger partial charge in [-0.25, -0.2) is 4.99 Å². The average Bonchev–Trinajstić information content (AvgIpc) is 3.02. The zero-order valence-electron chi connectivity index (χ0n) is 14.5. The molecule has 0 radical (unpaired) electrons. The van der Waals surface area contributed by atoms with Crippen LogP contribution in [0.2, 0.25) is 0 Å². The Hall–Kier alpha value is -2.80. The summed E-state index contributed by atoms with van der Waals surface area (Å²) in [6.45, 7) is 0. The van der Waals surface area contributed by atoms with E-state index in [1.807, 2.05) is 24.3 Å². The van der Waals surface area contributed by atoms with Crippen LogP contribution in [0.4, 0.5) is 0 Å². The molecule has 1 aliphatic heterocycles. The van der Waals surface area contributed by atoms with Crippen molar-refractivity contribution < 1.29 is 19.0 Å². The molecule has 26 heavy (non-hydrogen) atoms. The first kappa shape index (κ1) is 18.0. The average molecular weight is 417 g/mol. The van der Waals surface area contributed by atoms with Crippen LogP contribution in [0.5, 0.6) is 17.2 Å². The number of hydrogen-bond donors (Lipinski definition) is 1. The molecule has 0 saturated carbocycles. The van der Waals surface area contributed by atoms with Crippen molar-refractivity contribution in [2.45, 2.75) is 0 Å². The molecule has 3 rings (SSSR count). The Bertz CT molecular complexity index is 879. The molecule has 1 heterocycles. The molecule has 1 amide bonds. The van der Waals surface area contributed by atoms with Crippen LogP contribution < -0.4 is 19.5 Å². The summed E-state index contributed by atoms with van der Waals surface area (Å²) < 4.78 is 17.0. The van der Waals surface area contributed by atoms with Gasteiger partial charge in [0.1, 0.15) is 11.5 Å². The minimum Gasteiger partial charge on any atom is -0.493 e. The van der Waals surface area contributed by atoms with Crippen molar-refractivity contribution in [3.05, 3.63) is 57.7 Å². The van der Waals surface area contributed by atoms with Crippen molar-refractivity contribution in [3.63, 3.8) is 0 Å². The highest BCUT2D eigenvalue weighted by molar-refractivity contribution is 9.10. The van der Waals surface area contributed by atoms with E-state index in [9.17, 15) is 4.79 Å². The van der Waals surface area contributed by atoms with Crippen molar-refractivity contribution in [1.29, 1.82) is 0 Å². The largest absolute Gasteiger partial charge is 0.493 e. The second-order valence-electron chi connectivity index (χ2n) is 5.41. The van der Waals surface area contributed by atoms with Gasteiger partial charge in [0.2, 0.25) is 5.75 Å². The number of methoxy groups -OCH3 is 3. The van der Waals surface area contributed by atoms with Gasteiger partial charge in [-0.05, 0) is 35.9 Å². The lowest BCUT2D eigenvalue weighted by Crippen LogP contribution is -2.24. The molecule has 0 saturated heterocycles. The fourth-order valence-corrected chi connectivity index (χ4v) is 2.80. The van der Waals surface area contributed by atoms with E-state index in [1.165, 1.54) is 21.3 Å². The summed E-state index contributed by atoms with van der Waals surface area (Å²) in [6, 6.07) is 11.1. The van der Waals surface area contributed by atoms with Gasteiger partial charge in [0.05, 0.1) is 21.3 Å². The van der Waals surface area contributed by atoms with Gasteiger partial charge >= 0.3 is 0 Å². The van der Waals surface area contributed by atoms with Crippen LogP contribution in [0, 0.1) is 0 Å². The first-order valence-electron chi connectivity index (χ1n) is 7.73. The maximum Gasteiger partial charge on any atom is 0.275 e. The summed E-state index contributed by atoms with van der Waals surface area (Å²) in [5.74, 6) is 1.62. The van der Waals surface area contributed by atoms with E-state index < -0.39 is 0 Å². The summed E-state index contributed by atoms with van der Waals surface area (Å²) >= 11 is 3.39. The van der Waals surface area contributed by atoms with E-state index >= 15 is 0 Å². The maximum absolute atomic E-state index is 12.3. The molecule has 0 aromatic heterocycles. The van der Waals surface area contributed by atoms with Gasteiger partial charge in [-0.3, -0.25) is 4.79 Å². The van der Waals surface area contributed by atoms with Crippen LogP contribution in [0.15, 0.2) is 51.6 Å². The summed E-state index contributed by atoms with van der Waals surface area (Å²) in [5, 5.41) is 2.77. The van der Waals surface area contributed by atoms with Crippen molar-refractivity contribution in [2.24, 2.45) is 4.99 Å². The van der Waals surface area contributed by atoms with Gasteiger partial charge < -0.3 is 19.5 Å². The van der Waals surface area contributed by atoms with Crippen LogP contribution in [-0.2, 0) is 4.79 Å². The molecular formula is C19H17BrN2O4. The first-order valence-corrected chi connectivity index (χ1v) is 8.52. The molecule has 0 atom stereocenters. The van der Waals surface area contributed by atoms with Gasteiger partial charge in [0.25, 0.3) is 5.91 Å². The lowest BCUT2D eigenvalue weighted by molar-refractivity contribution is -0.115. The fourth-order valence-electron chi connectivity index (χ4n) is 2.54. The number of carbonyl (C=O) groups is 1. The number of nitrogens with one attached hydrogen (secondary N) is 1. The van der Waals surface area contributed by atoms with Crippen LogP contribution >= 0.6 is 15.9 Å². The number of halogens is 1. The molecule has 134 valence electrons. The third-order valence-electron chi connectivity index (χ3n) is 3.81. The Morgan fingerprint density at radius 3 is 2.15 bits per heavy atom. The van der Waals surface area contributed by atoms with Gasteiger partial charge in [0.15, 0.2) is 11.5 Å². The number of hydrogen-bond acceptors (Lipinski definition) is 5. The molecule has 2 aromatic carbocycles. The minimum absolute atomic E-state index is 0.267. The predicted molar refractivity (Wildman–Crippen MR) is 103 cm³/mol. The molecule has 2 aromatic rings. The van der Waals surface area contributed by atoms with Gasteiger partial charge in [-0.1, -0.05) is 28.1 Å². The highest BCUT2D eigenvalue weighted by atomic mass is 79.9. The van der Waals surface area contributed by atoms with E-state index in [4.69, 9.17) is 14.2 Å².